The van der Waals surface area contributed by atoms with Gasteiger partial charge in [-0.1, -0.05) is 39.5 Å². The molecular weight excluding hydrogens is 462 g/mol. The number of hydrogen-bond donors (Lipinski definition) is 2. The van der Waals surface area contributed by atoms with Gasteiger partial charge in [-0.3, -0.25) is 9.36 Å². The average Bonchev–Trinajstić information content (AvgIpc) is 3.44. The highest BCUT2D eigenvalue weighted by Gasteiger charge is 2.25. The van der Waals surface area contributed by atoms with Gasteiger partial charge in [0.2, 0.25) is 5.95 Å². The van der Waals surface area contributed by atoms with Crippen LogP contribution in [0.5, 0.6) is 0 Å². The van der Waals surface area contributed by atoms with E-state index < -0.39 is 0 Å². The standard InChI is InChI=1S/C29H41N7O/c1-4-6-7-12-24-26-20(3)23(5-2)28(37)36(21-10-8-9-11-21)27(26)34-29(32-24)33-25-14-13-22(19-31-25)35-17-15-30-16-18-35/h13-14,19,21,30H,4-12,15-18H2,1-3H3,(H,31,32,33,34). The van der Waals surface area contributed by atoms with Gasteiger partial charge in [0.25, 0.3) is 5.56 Å². The van der Waals surface area contributed by atoms with Gasteiger partial charge in [0.05, 0.1) is 17.6 Å². The Hall–Kier alpha value is -3.00. The lowest BCUT2D eigenvalue weighted by Crippen LogP contribution is -2.43. The molecule has 3 aromatic heterocycles. The number of pyridine rings is 2. The van der Waals surface area contributed by atoms with Gasteiger partial charge in [-0.15, -0.1) is 0 Å². The van der Waals surface area contributed by atoms with Crippen molar-refractivity contribution < 1.29 is 0 Å². The van der Waals surface area contributed by atoms with Crippen molar-refractivity contribution in [2.75, 3.05) is 36.4 Å². The van der Waals surface area contributed by atoms with Crippen LogP contribution in [0.15, 0.2) is 23.1 Å². The predicted molar refractivity (Wildman–Crippen MR) is 151 cm³/mol. The van der Waals surface area contributed by atoms with E-state index in [2.05, 4.69) is 47.4 Å². The highest BCUT2D eigenvalue weighted by atomic mass is 16.1. The first kappa shape index (κ1) is 25.6. The van der Waals surface area contributed by atoms with Crippen molar-refractivity contribution in [2.45, 2.75) is 84.6 Å². The van der Waals surface area contributed by atoms with E-state index in [1.807, 2.05) is 16.8 Å². The molecule has 2 aliphatic rings. The Bertz CT molecular complexity index is 1270. The molecule has 4 heterocycles. The lowest BCUT2D eigenvalue weighted by molar-refractivity contribution is 0.512. The number of fused-ring (bicyclic) bond motifs is 1. The number of nitrogens with zero attached hydrogens (tertiary/aromatic N) is 5. The van der Waals surface area contributed by atoms with Crippen LogP contribution in [0.4, 0.5) is 17.5 Å². The summed E-state index contributed by atoms with van der Waals surface area (Å²) in [4.78, 5) is 30.7. The molecule has 2 fully saturated rings. The van der Waals surface area contributed by atoms with Crippen LogP contribution in [0, 0.1) is 6.92 Å². The third-order valence-corrected chi connectivity index (χ3v) is 8.03. The molecule has 2 N–H and O–H groups in total. The predicted octanol–water partition coefficient (Wildman–Crippen LogP) is 5.06. The smallest absolute Gasteiger partial charge is 0.255 e. The van der Waals surface area contributed by atoms with Crippen LogP contribution >= 0.6 is 0 Å². The van der Waals surface area contributed by atoms with Gasteiger partial charge in [0.1, 0.15) is 11.5 Å². The summed E-state index contributed by atoms with van der Waals surface area (Å²) in [6.07, 6.45) is 11.3. The Morgan fingerprint density at radius 1 is 1.08 bits per heavy atom. The van der Waals surface area contributed by atoms with Gasteiger partial charge in [0.15, 0.2) is 0 Å². The summed E-state index contributed by atoms with van der Waals surface area (Å²) in [6.45, 7) is 10.3. The van der Waals surface area contributed by atoms with Gasteiger partial charge in [0, 0.05) is 43.2 Å². The van der Waals surface area contributed by atoms with E-state index >= 15 is 0 Å². The Morgan fingerprint density at radius 2 is 1.86 bits per heavy atom. The van der Waals surface area contributed by atoms with Crippen molar-refractivity contribution in [3.8, 4) is 0 Å². The summed E-state index contributed by atoms with van der Waals surface area (Å²) in [7, 11) is 0. The van der Waals surface area contributed by atoms with E-state index in [9.17, 15) is 4.79 Å². The van der Waals surface area contributed by atoms with Crippen LogP contribution in [0.2, 0.25) is 0 Å². The number of anilines is 3. The van der Waals surface area contributed by atoms with Gasteiger partial charge in [-0.25, -0.2) is 9.97 Å². The number of rotatable bonds is 9. The van der Waals surface area contributed by atoms with Gasteiger partial charge in [-0.05, 0) is 56.7 Å². The number of aryl methyl sites for hydroxylation is 2. The van der Waals surface area contributed by atoms with Crippen LogP contribution in [-0.4, -0.2) is 45.7 Å². The Balaban J connectivity index is 1.57. The largest absolute Gasteiger partial charge is 0.368 e. The molecule has 0 unspecified atom stereocenters. The third kappa shape index (κ3) is 5.35. The molecule has 198 valence electrons. The quantitative estimate of drug-likeness (QED) is 0.395. The van der Waals surface area contributed by atoms with Crippen LogP contribution in [0.1, 0.15) is 81.7 Å². The van der Waals surface area contributed by atoms with Gasteiger partial charge < -0.3 is 15.5 Å². The number of aromatic nitrogens is 4. The maximum Gasteiger partial charge on any atom is 0.255 e. The molecular formula is C29H41N7O. The fourth-order valence-corrected chi connectivity index (χ4v) is 5.99. The fraction of sp³-hybridized carbons (Fsp3) is 0.586. The van der Waals surface area contributed by atoms with Crippen molar-refractivity contribution in [1.82, 2.24) is 24.8 Å². The Kier molecular flexibility index (Phi) is 8.03. The summed E-state index contributed by atoms with van der Waals surface area (Å²) < 4.78 is 2.01. The van der Waals surface area contributed by atoms with Crippen molar-refractivity contribution in [2.24, 2.45) is 0 Å². The highest BCUT2D eigenvalue weighted by molar-refractivity contribution is 5.84. The normalized spacial score (nSPS) is 16.6. The van der Waals surface area contributed by atoms with Gasteiger partial charge in [-0.2, -0.15) is 4.98 Å². The molecule has 0 radical (unpaired) electrons. The second-order valence-corrected chi connectivity index (χ2v) is 10.5. The summed E-state index contributed by atoms with van der Waals surface area (Å²) in [5.41, 5.74) is 5.04. The molecule has 5 rings (SSSR count). The minimum absolute atomic E-state index is 0.127. The molecule has 1 saturated carbocycles. The first-order valence-electron chi connectivity index (χ1n) is 14.2. The molecule has 8 nitrogen and oxygen atoms in total. The maximum absolute atomic E-state index is 13.7. The molecule has 3 aromatic rings. The van der Waals surface area contributed by atoms with Crippen LogP contribution in [0.25, 0.3) is 11.0 Å². The van der Waals surface area contributed by atoms with Crippen molar-refractivity contribution in [3.05, 3.63) is 45.5 Å². The first-order chi connectivity index (χ1) is 18.1. The fourth-order valence-electron chi connectivity index (χ4n) is 5.99. The van der Waals surface area contributed by atoms with E-state index in [4.69, 9.17) is 9.97 Å². The average molecular weight is 504 g/mol. The third-order valence-electron chi connectivity index (χ3n) is 8.03. The van der Waals surface area contributed by atoms with Crippen molar-refractivity contribution in [1.29, 1.82) is 0 Å². The Morgan fingerprint density at radius 3 is 2.54 bits per heavy atom. The SMILES string of the molecule is CCCCCc1nc(Nc2ccc(N3CCNCC3)cn2)nc2c1c(C)c(CC)c(=O)n2C1CCCC1. The van der Waals surface area contributed by atoms with Gasteiger partial charge >= 0.3 is 0 Å². The molecule has 0 bridgehead atoms. The van der Waals surface area contributed by atoms with Crippen molar-refractivity contribution in [3.63, 3.8) is 0 Å². The van der Waals surface area contributed by atoms with Crippen LogP contribution in [0.3, 0.4) is 0 Å². The van der Waals surface area contributed by atoms with Crippen molar-refractivity contribution >= 4 is 28.5 Å². The number of piperazine rings is 1. The zero-order valence-electron chi connectivity index (χ0n) is 22.6. The molecule has 0 amide bonds. The van der Waals surface area contributed by atoms with E-state index in [1.165, 1.54) is 0 Å². The first-order valence-corrected chi connectivity index (χ1v) is 14.2. The van der Waals surface area contributed by atoms with E-state index in [0.29, 0.717) is 5.95 Å². The van der Waals surface area contributed by atoms with Crippen LogP contribution < -0.4 is 21.1 Å². The lowest BCUT2D eigenvalue weighted by atomic mass is 10.00. The highest BCUT2D eigenvalue weighted by Crippen LogP contribution is 2.33. The number of hydrogen-bond acceptors (Lipinski definition) is 7. The monoisotopic (exact) mass is 503 g/mol. The molecule has 1 saturated heterocycles. The molecule has 0 atom stereocenters. The lowest BCUT2D eigenvalue weighted by Gasteiger charge is -2.29. The minimum Gasteiger partial charge on any atom is -0.368 e. The zero-order valence-corrected chi connectivity index (χ0v) is 22.6. The number of unbranched alkanes of at least 4 members (excludes halogenated alkanes) is 2. The van der Waals surface area contributed by atoms with E-state index in [0.717, 1.165) is 123 Å². The topological polar surface area (TPSA) is 88.0 Å². The summed E-state index contributed by atoms with van der Waals surface area (Å²) in [5.74, 6) is 1.24. The zero-order chi connectivity index (χ0) is 25.8. The molecule has 0 spiro atoms. The number of nitrogens with one attached hydrogen (secondary N) is 2. The maximum atomic E-state index is 13.7. The second kappa shape index (κ2) is 11.6. The Labute approximate surface area is 219 Å². The summed E-state index contributed by atoms with van der Waals surface area (Å²) in [5, 5.41) is 7.83. The summed E-state index contributed by atoms with van der Waals surface area (Å²) >= 11 is 0. The second-order valence-electron chi connectivity index (χ2n) is 10.5. The minimum atomic E-state index is 0.127. The van der Waals surface area contributed by atoms with Crippen LogP contribution in [-0.2, 0) is 12.8 Å². The molecule has 1 aliphatic carbocycles. The summed E-state index contributed by atoms with van der Waals surface area (Å²) in [6, 6.07) is 4.32. The van der Waals surface area contributed by atoms with E-state index in [-0.39, 0.29) is 11.6 Å². The molecule has 8 heteroatoms. The molecule has 0 aromatic carbocycles. The van der Waals surface area contributed by atoms with E-state index in [1.54, 1.807) is 0 Å². The molecule has 1 aliphatic heterocycles. The molecule has 37 heavy (non-hydrogen) atoms.